The number of rotatable bonds is 5. The van der Waals surface area contributed by atoms with Crippen LogP contribution in [0.15, 0.2) is 84.9 Å². The van der Waals surface area contributed by atoms with Crippen LogP contribution in [-0.2, 0) is 0 Å². The van der Waals surface area contributed by atoms with Gasteiger partial charge in [0.2, 0.25) is 0 Å². The van der Waals surface area contributed by atoms with Gasteiger partial charge in [-0.05, 0) is 72.8 Å². The van der Waals surface area contributed by atoms with E-state index in [1.54, 1.807) is 54.6 Å². The van der Waals surface area contributed by atoms with Crippen molar-refractivity contribution in [2.45, 2.75) is 0 Å². The largest absolute Gasteiger partial charge is 0.322 e. The maximum Gasteiger partial charge on any atom is 0.266 e. The predicted molar refractivity (Wildman–Crippen MR) is 157 cm³/mol. The highest BCUT2D eigenvalue weighted by Gasteiger charge is 2.37. The number of benzene rings is 4. The van der Waals surface area contributed by atoms with Crippen molar-refractivity contribution in [1.29, 1.82) is 0 Å². The summed E-state index contributed by atoms with van der Waals surface area (Å²) in [7, 11) is 0. The van der Waals surface area contributed by atoms with Crippen LogP contribution < -0.4 is 15.5 Å². The summed E-state index contributed by atoms with van der Waals surface area (Å²) in [6.07, 6.45) is 16.4. The van der Waals surface area contributed by atoms with E-state index in [1.807, 2.05) is 0 Å². The molecular weight excluding hydrogens is 514 g/mol. The van der Waals surface area contributed by atoms with E-state index in [0.717, 1.165) is 4.90 Å². The standard InChI is InChI=1S/C34H19N3O4/c1-4-21-9-7-11-26(15-21)35-31(38)24-18-25(32(39)36-27-12-8-10-22(5-2)16-27)20-28(19-24)37-33(40)29-14-13-23(6-3)17-30(29)34(37)41/h1-3,7-20H,(H,35,38)(H,36,39). The third kappa shape index (κ3) is 5.18. The van der Waals surface area contributed by atoms with Gasteiger partial charge < -0.3 is 10.6 Å². The van der Waals surface area contributed by atoms with Crippen molar-refractivity contribution >= 4 is 40.7 Å². The number of amides is 4. The van der Waals surface area contributed by atoms with Gasteiger partial charge in [0.05, 0.1) is 16.8 Å². The molecule has 4 amide bonds. The van der Waals surface area contributed by atoms with Gasteiger partial charge in [-0.2, -0.15) is 0 Å². The third-order valence-corrected chi connectivity index (χ3v) is 6.33. The minimum Gasteiger partial charge on any atom is -0.322 e. The second-order valence-corrected chi connectivity index (χ2v) is 8.98. The van der Waals surface area contributed by atoms with Crippen molar-refractivity contribution in [3.05, 3.63) is 124 Å². The van der Waals surface area contributed by atoms with Crippen LogP contribution in [-0.4, -0.2) is 23.6 Å². The fourth-order valence-corrected chi connectivity index (χ4v) is 4.35. The lowest BCUT2D eigenvalue weighted by Crippen LogP contribution is -2.30. The fourth-order valence-electron chi connectivity index (χ4n) is 4.35. The Hall–Kier alpha value is -6.36. The van der Waals surface area contributed by atoms with Gasteiger partial charge in [-0.15, -0.1) is 19.3 Å². The molecule has 41 heavy (non-hydrogen) atoms. The second-order valence-electron chi connectivity index (χ2n) is 8.98. The summed E-state index contributed by atoms with van der Waals surface area (Å²) in [5.74, 6) is 5.03. The van der Waals surface area contributed by atoms with E-state index < -0.39 is 23.6 Å². The molecule has 0 bridgehead atoms. The topological polar surface area (TPSA) is 95.6 Å². The third-order valence-electron chi connectivity index (χ3n) is 6.33. The zero-order valence-electron chi connectivity index (χ0n) is 21.4. The molecule has 0 saturated carbocycles. The first-order valence-corrected chi connectivity index (χ1v) is 12.2. The molecule has 2 N–H and O–H groups in total. The minimum atomic E-state index is -0.630. The van der Waals surface area contributed by atoms with Crippen molar-refractivity contribution in [2.24, 2.45) is 0 Å². The first-order valence-electron chi connectivity index (χ1n) is 12.2. The molecule has 0 radical (unpaired) electrons. The smallest absolute Gasteiger partial charge is 0.266 e. The summed E-state index contributed by atoms with van der Waals surface area (Å²) in [4.78, 5) is 54.2. The van der Waals surface area contributed by atoms with Crippen LogP contribution in [0.4, 0.5) is 17.1 Å². The Morgan fingerprint density at radius 1 is 0.585 bits per heavy atom. The average molecular weight is 534 g/mol. The Morgan fingerprint density at radius 2 is 1.07 bits per heavy atom. The Kier molecular flexibility index (Phi) is 6.91. The minimum absolute atomic E-state index is 0.0250. The molecule has 0 aliphatic carbocycles. The number of anilines is 3. The van der Waals surface area contributed by atoms with Crippen LogP contribution >= 0.6 is 0 Å². The van der Waals surface area contributed by atoms with Crippen LogP contribution in [0.25, 0.3) is 0 Å². The van der Waals surface area contributed by atoms with Crippen molar-refractivity contribution in [3.63, 3.8) is 0 Å². The van der Waals surface area contributed by atoms with Gasteiger partial charge in [0.25, 0.3) is 23.6 Å². The maximum atomic E-state index is 13.4. The normalized spacial score (nSPS) is 11.6. The van der Waals surface area contributed by atoms with E-state index in [9.17, 15) is 19.2 Å². The Labute approximate surface area is 236 Å². The molecule has 1 heterocycles. The lowest BCUT2D eigenvalue weighted by molar-refractivity contribution is 0.0922. The van der Waals surface area contributed by atoms with Crippen LogP contribution in [0.1, 0.15) is 58.1 Å². The molecule has 4 aromatic carbocycles. The van der Waals surface area contributed by atoms with Gasteiger partial charge in [0.1, 0.15) is 0 Å². The molecule has 7 nitrogen and oxygen atoms in total. The molecule has 1 aliphatic heterocycles. The zero-order valence-corrected chi connectivity index (χ0v) is 21.4. The number of imide groups is 1. The lowest BCUT2D eigenvalue weighted by Gasteiger charge is -2.17. The van der Waals surface area contributed by atoms with Crippen molar-refractivity contribution in [3.8, 4) is 37.0 Å². The Balaban J connectivity index is 1.56. The number of nitrogens with zero attached hydrogens (tertiary/aromatic N) is 1. The van der Waals surface area contributed by atoms with Crippen molar-refractivity contribution < 1.29 is 19.2 Å². The molecule has 0 aromatic heterocycles. The zero-order chi connectivity index (χ0) is 29.1. The Bertz CT molecular complexity index is 1830. The Morgan fingerprint density at radius 3 is 1.59 bits per heavy atom. The number of hydrogen-bond donors (Lipinski definition) is 2. The molecule has 194 valence electrons. The summed E-state index contributed by atoms with van der Waals surface area (Å²) in [6.45, 7) is 0. The highest BCUT2D eigenvalue weighted by atomic mass is 16.2. The average Bonchev–Trinajstić information content (AvgIpc) is 3.25. The number of hydrogen-bond acceptors (Lipinski definition) is 4. The first kappa shape index (κ1) is 26.3. The number of carbonyl (C=O) groups is 4. The van der Waals surface area contributed by atoms with Gasteiger partial charge >= 0.3 is 0 Å². The number of nitrogens with one attached hydrogen (secondary N) is 2. The number of carbonyl (C=O) groups excluding carboxylic acids is 4. The van der Waals surface area contributed by atoms with E-state index in [-0.39, 0.29) is 27.9 Å². The van der Waals surface area contributed by atoms with Gasteiger partial charge in [-0.1, -0.05) is 29.9 Å². The van der Waals surface area contributed by atoms with Crippen LogP contribution in [0.3, 0.4) is 0 Å². The van der Waals surface area contributed by atoms with E-state index >= 15 is 0 Å². The van der Waals surface area contributed by atoms with E-state index in [0.29, 0.717) is 28.1 Å². The van der Waals surface area contributed by atoms with Crippen LogP contribution in [0.5, 0.6) is 0 Å². The highest BCUT2D eigenvalue weighted by Crippen LogP contribution is 2.31. The molecule has 0 atom stereocenters. The summed E-state index contributed by atoms with van der Waals surface area (Å²) in [5, 5.41) is 5.47. The summed E-state index contributed by atoms with van der Waals surface area (Å²) in [6, 6.07) is 21.9. The maximum absolute atomic E-state index is 13.4. The molecule has 0 unspecified atom stereocenters. The second kappa shape index (κ2) is 10.8. The summed E-state index contributed by atoms with van der Waals surface area (Å²) >= 11 is 0. The summed E-state index contributed by atoms with van der Waals surface area (Å²) in [5.41, 5.74) is 2.77. The lowest BCUT2D eigenvalue weighted by atomic mass is 10.1. The van der Waals surface area contributed by atoms with Crippen LogP contribution in [0.2, 0.25) is 0 Å². The molecule has 5 rings (SSSR count). The molecule has 0 spiro atoms. The van der Waals surface area contributed by atoms with Gasteiger partial charge in [-0.3, -0.25) is 19.2 Å². The molecule has 0 fully saturated rings. The molecule has 0 saturated heterocycles. The fraction of sp³-hybridized carbons (Fsp3) is 0. The van der Waals surface area contributed by atoms with Crippen molar-refractivity contribution in [1.82, 2.24) is 0 Å². The first-order chi connectivity index (χ1) is 19.8. The van der Waals surface area contributed by atoms with E-state index in [4.69, 9.17) is 19.3 Å². The van der Waals surface area contributed by atoms with Gasteiger partial charge in [0, 0.05) is 39.2 Å². The molecule has 4 aromatic rings. The quantitative estimate of drug-likeness (QED) is 0.281. The SMILES string of the molecule is C#Cc1cccc(NC(=O)c2cc(C(=O)Nc3cccc(C#C)c3)cc(N3C(=O)c4ccc(C#C)cc4C3=O)c2)c1. The number of terminal acetylenes is 3. The van der Waals surface area contributed by atoms with Crippen molar-refractivity contribution in [2.75, 3.05) is 15.5 Å². The van der Waals surface area contributed by atoms with Crippen LogP contribution in [0, 0.1) is 37.0 Å². The number of fused-ring (bicyclic) bond motifs is 1. The van der Waals surface area contributed by atoms with Gasteiger partial charge in [-0.25, -0.2) is 4.90 Å². The molecule has 7 heteroatoms. The molecular formula is C34H19N3O4. The van der Waals surface area contributed by atoms with E-state index in [1.165, 1.54) is 30.3 Å². The monoisotopic (exact) mass is 533 g/mol. The molecule has 1 aliphatic rings. The van der Waals surface area contributed by atoms with Gasteiger partial charge in [0.15, 0.2) is 0 Å². The highest BCUT2D eigenvalue weighted by molar-refractivity contribution is 6.34. The summed E-state index contributed by atoms with van der Waals surface area (Å²) < 4.78 is 0. The van der Waals surface area contributed by atoms with E-state index in [2.05, 4.69) is 28.4 Å². The predicted octanol–water partition coefficient (Wildman–Crippen LogP) is 4.94.